The van der Waals surface area contributed by atoms with E-state index in [1.165, 1.54) is 4.90 Å². The van der Waals surface area contributed by atoms with Crippen LogP contribution in [0.1, 0.15) is 13.8 Å². The van der Waals surface area contributed by atoms with Crippen molar-refractivity contribution in [3.05, 3.63) is 0 Å². The summed E-state index contributed by atoms with van der Waals surface area (Å²) in [5.74, 6) is -0.247. The van der Waals surface area contributed by atoms with Gasteiger partial charge in [0.1, 0.15) is 0 Å². The zero-order chi connectivity index (χ0) is 10.2. The summed E-state index contributed by atoms with van der Waals surface area (Å²) < 4.78 is 0. The number of likely N-dealkylation sites (tertiary alicyclic amines) is 1. The molecule has 2 atom stereocenters. The second-order valence-corrected chi connectivity index (χ2v) is 4.07. The SMILES string of the molecule is CC(C)(N)C(=O)N1CC(O)C(O)C1. The van der Waals surface area contributed by atoms with Gasteiger partial charge in [-0.25, -0.2) is 0 Å². The van der Waals surface area contributed by atoms with Crippen LogP contribution in [0.15, 0.2) is 0 Å². The van der Waals surface area contributed by atoms with Gasteiger partial charge in [-0.05, 0) is 13.8 Å². The predicted octanol–water partition coefficient (Wildman–Crippen LogP) is -1.71. The molecule has 1 aliphatic heterocycles. The molecule has 0 radical (unpaired) electrons. The summed E-state index contributed by atoms with van der Waals surface area (Å²) in [7, 11) is 0. The summed E-state index contributed by atoms with van der Waals surface area (Å²) >= 11 is 0. The molecule has 1 rings (SSSR count). The molecule has 1 fully saturated rings. The van der Waals surface area contributed by atoms with E-state index in [2.05, 4.69) is 0 Å². The van der Waals surface area contributed by atoms with Crippen molar-refractivity contribution in [2.45, 2.75) is 31.6 Å². The van der Waals surface area contributed by atoms with Gasteiger partial charge in [-0.1, -0.05) is 0 Å². The Morgan fingerprint density at radius 1 is 1.38 bits per heavy atom. The summed E-state index contributed by atoms with van der Waals surface area (Å²) in [5, 5.41) is 18.4. The molecule has 0 aromatic heterocycles. The number of hydrogen-bond donors (Lipinski definition) is 3. The minimum absolute atomic E-state index is 0.167. The fraction of sp³-hybridized carbons (Fsp3) is 0.875. The van der Waals surface area contributed by atoms with Crippen molar-refractivity contribution in [3.63, 3.8) is 0 Å². The Balaban J connectivity index is 2.61. The third kappa shape index (κ3) is 2.18. The monoisotopic (exact) mass is 188 g/mol. The first kappa shape index (κ1) is 10.4. The van der Waals surface area contributed by atoms with Crippen LogP contribution in [0.5, 0.6) is 0 Å². The van der Waals surface area contributed by atoms with Gasteiger partial charge in [-0.15, -0.1) is 0 Å². The van der Waals surface area contributed by atoms with E-state index in [1.807, 2.05) is 0 Å². The van der Waals surface area contributed by atoms with Crippen molar-refractivity contribution in [2.75, 3.05) is 13.1 Å². The molecule has 1 saturated heterocycles. The number of β-amino-alcohol motifs (C(OH)–C–C–N with tert-alkyl or cyclic N) is 2. The molecule has 0 spiro atoms. The Morgan fingerprint density at radius 3 is 2.08 bits per heavy atom. The van der Waals surface area contributed by atoms with Crippen molar-refractivity contribution < 1.29 is 15.0 Å². The maximum absolute atomic E-state index is 11.5. The molecular formula is C8H16N2O3. The number of aliphatic hydroxyl groups is 2. The maximum Gasteiger partial charge on any atom is 0.242 e. The number of hydrogen-bond acceptors (Lipinski definition) is 4. The number of carbonyl (C=O) groups excluding carboxylic acids is 1. The lowest BCUT2D eigenvalue weighted by atomic mass is 10.1. The summed E-state index contributed by atoms with van der Waals surface area (Å²) in [6.45, 7) is 3.54. The smallest absolute Gasteiger partial charge is 0.242 e. The molecule has 13 heavy (non-hydrogen) atoms. The van der Waals surface area contributed by atoms with Crippen LogP contribution in [0, 0.1) is 0 Å². The lowest BCUT2D eigenvalue weighted by molar-refractivity contribution is -0.135. The molecule has 1 heterocycles. The fourth-order valence-corrected chi connectivity index (χ4v) is 1.34. The summed E-state index contributed by atoms with van der Waals surface area (Å²) in [6, 6.07) is 0. The second-order valence-electron chi connectivity index (χ2n) is 4.07. The highest BCUT2D eigenvalue weighted by Gasteiger charge is 2.37. The number of nitrogens with zero attached hydrogens (tertiary/aromatic N) is 1. The van der Waals surface area contributed by atoms with Gasteiger partial charge in [0.15, 0.2) is 0 Å². The van der Waals surface area contributed by atoms with Crippen molar-refractivity contribution in [1.82, 2.24) is 4.90 Å². The molecule has 5 nitrogen and oxygen atoms in total. The minimum atomic E-state index is -0.941. The highest BCUT2D eigenvalue weighted by molar-refractivity contribution is 5.85. The first-order valence-corrected chi connectivity index (χ1v) is 4.27. The van der Waals surface area contributed by atoms with Crippen molar-refractivity contribution in [3.8, 4) is 0 Å². The topological polar surface area (TPSA) is 86.8 Å². The minimum Gasteiger partial charge on any atom is -0.388 e. The van der Waals surface area contributed by atoms with Crippen LogP contribution in [0.3, 0.4) is 0 Å². The van der Waals surface area contributed by atoms with E-state index in [1.54, 1.807) is 13.8 Å². The average molecular weight is 188 g/mol. The molecule has 4 N–H and O–H groups in total. The van der Waals surface area contributed by atoms with E-state index < -0.39 is 17.7 Å². The van der Waals surface area contributed by atoms with Gasteiger partial charge < -0.3 is 20.8 Å². The molecule has 0 saturated carbocycles. The molecule has 2 unspecified atom stereocenters. The quantitative estimate of drug-likeness (QED) is 0.457. The highest BCUT2D eigenvalue weighted by Crippen LogP contribution is 2.14. The zero-order valence-corrected chi connectivity index (χ0v) is 7.90. The van der Waals surface area contributed by atoms with Gasteiger partial charge in [-0.2, -0.15) is 0 Å². The molecule has 0 aromatic rings. The average Bonchev–Trinajstić information content (AvgIpc) is 2.29. The van der Waals surface area contributed by atoms with Crippen molar-refractivity contribution in [2.24, 2.45) is 5.73 Å². The Bertz CT molecular complexity index is 202. The fourth-order valence-electron chi connectivity index (χ4n) is 1.34. The van der Waals surface area contributed by atoms with Crippen LogP contribution in [-0.2, 0) is 4.79 Å². The molecule has 1 amide bonds. The van der Waals surface area contributed by atoms with E-state index in [0.717, 1.165) is 0 Å². The van der Waals surface area contributed by atoms with Crippen LogP contribution in [0.4, 0.5) is 0 Å². The van der Waals surface area contributed by atoms with Crippen LogP contribution in [-0.4, -0.2) is 51.9 Å². The Labute approximate surface area is 77.1 Å². The molecule has 76 valence electrons. The van der Waals surface area contributed by atoms with E-state index in [0.29, 0.717) is 0 Å². The number of rotatable bonds is 1. The third-order valence-electron chi connectivity index (χ3n) is 2.10. The van der Waals surface area contributed by atoms with Crippen LogP contribution >= 0.6 is 0 Å². The molecule has 0 bridgehead atoms. The van der Waals surface area contributed by atoms with Crippen LogP contribution in [0.25, 0.3) is 0 Å². The van der Waals surface area contributed by atoms with Gasteiger partial charge in [-0.3, -0.25) is 4.79 Å². The van der Waals surface area contributed by atoms with Crippen LogP contribution < -0.4 is 5.73 Å². The predicted molar refractivity (Wildman–Crippen MR) is 46.9 cm³/mol. The normalized spacial score (nSPS) is 29.5. The first-order valence-electron chi connectivity index (χ1n) is 4.27. The highest BCUT2D eigenvalue weighted by atomic mass is 16.3. The largest absolute Gasteiger partial charge is 0.388 e. The Kier molecular flexibility index (Phi) is 2.61. The molecule has 1 aliphatic rings. The lowest BCUT2D eigenvalue weighted by Crippen LogP contribution is -2.50. The second kappa shape index (κ2) is 3.25. The molecule has 5 heteroatoms. The first-order chi connectivity index (χ1) is 5.82. The Hall–Kier alpha value is -0.650. The Morgan fingerprint density at radius 2 is 1.77 bits per heavy atom. The van der Waals surface area contributed by atoms with Gasteiger partial charge in [0, 0.05) is 13.1 Å². The van der Waals surface area contributed by atoms with Gasteiger partial charge in [0.05, 0.1) is 17.7 Å². The zero-order valence-electron chi connectivity index (χ0n) is 7.90. The third-order valence-corrected chi connectivity index (χ3v) is 2.10. The van der Waals surface area contributed by atoms with Gasteiger partial charge in [0.25, 0.3) is 0 Å². The van der Waals surface area contributed by atoms with Crippen molar-refractivity contribution in [1.29, 1.82) is 0 Å². The van der Waals surface area contributed by atoms with Crippen molar-refractivity contribution >= 4 is 5.91 Å². The maximum atomic E-state index is 11.5. The van der Waals surface area contributed by atoms with E-state index in [9.17, 15) is 15.0 Å². The molecule has 0 aromatic carbocycles. The van der Waals surface area contributed by atoms with Gasteiger partial charge in [0.2, 0.25) is 5.91 Å². The molecular weight excluding hydrogens is 172 g/mol. The summed E-state index contributed by atoms with van der Waals surface area (Å²) in [5.41, 5.74) is 4.65. The number of nitrogens with two attached hydrogens (primary N) is 1. The standard InChI is InChI=1S/C8H16N2O3/c1-8(2,9)7(13)10-3-5(11)6(12)4-10/h5-6,11-12H,3-4,9H2,1-2H3. The summed E-state index contributed by atoms with van der Waals surface area (Å²) in [4.78, 5) is 12.9. The van der Waals surface area contributed by atoms with E-state index >= 15 is 0 Å². The van der Waals surface area contributed by atoms with Crippen LogP contribution in [0.2, 0.25) is 0 Å². The number of amides is 1. The van der Waals surface area contributed by atoms with Gasteiger partial charge >= 0.3 is 0 Å². The molecule has 0 aliphatic carbocycles. The number of carbonyl (C=O) groups is 1. The van der Waals surface area contributed by atoms with E-state index in [4.69, 9.17) is 5.73 Å². The summed E-state index contributed by atoms with van der Waals surface area (Å²) in [6.07, 6.45) is -1.68. The lowest BCUT2D eigenvalue weighted by Gasteiger charge is -2.24. The number of aliphatic hydroxyl groups excluding tert-OH is 2. The van der Waals surface area contributed by atoms with E-state index in [-0.39, 0.29) is 19.0 Å².